The number of hydrogen-bond acceptors (Lipinski definition) is 4. The Morgan fingerprint density at radius 2 is 2.07 bits per heavy atom. The number of phenolic OH excluding ortho intramolecular Hbond substituents is 1. The highest BCUT2D eigenvalue weighted by Gasteiger charge is 2.17. The zero-order valence-electron chi connectivity index (χ0n) is 8.30. The van der Waals surface area contributed by atoms with Gasteiger partial charge in [0.15, 0.2) is 9.84 Å². The Morgan fingerprint density at radius 3 is 2.60 bits per heavy atom. The van der Waals surface area contributed by atoms with Crippen LogP contribution in [0.25, 0.3) is 0 Å². The lowest BCUT2D eigenvalue weighted by Crippen LogP contribution is -2.03. The molecule has 1 aromatic carbocycles. The Kier molecular flexibility index (Phi) is 3.47. The van der Waals surface area contributed by atoms with Gasteiger partial charge < -0.3 is 9.90 Å². The maximum absolute atomic E-state index is 11.4. The summed E-state index contributed by atoms with van der Waals surface area (Å²) in [5, 5.41) is 9.46. The van der Waals surface area contributed by atoms with Gasteiger partial charge in [0.2, 0.25) is 0 Å². The molecule has 0 bridgehead atoms. The van der Waals surface area contributed by atoms with Gasteiger partial charge in [-0.1, -0.05) is 12.1 Å². The molecular formula is C10H12O4S. The maximum atomic E-state index is 11.4. The Balaban J connectivity index is 3.27. The number of sulfone groups is 1. The predicted molar refractivity (Wildman–Crippen MR) is 55.6 cm³/mol. The van der Waals surface area contributed by atoms with E-state index in [1.165, 1.54) is 6.07 Å². The lowest BCUT2D eigenvalue weighted by atomic mass is 10.1. The lowest BCUT2D eigenvalue weighted by molar-refractivity contribution is -0.107. The minimum Gasteiger partial charge on any atom is -0.507 e. The molecule has 0 aliphatic rings. The highest BCUT2D eigenvalue weighted by molar-refractivity contribution is 7.90. The first-order valence-corrected chi connectivity index (χ1v) is 6.30. The number of rotatable bonds is 4. The summed E-state index contributed by atoms with van der Waals surface area (Å²) in [6.07, 6.45) is 2.31. The first-order valence-electron chi connectivity index (χ1n) is 4.41. The van der Waals surface area contributed by atoms with Crippen molar-refractivity contribution in [1.82, 2.24) is 0 Å². The van der Waals surface area contributed by atoms with E-state index < -0.39 is 9.84 Å². The van der Waals surface area contributed by atoms with Crippen molar-refractivity contribution in [2.75, 3.05) is 6.26 Å². The molecule has 0 saturated carbocycles. The van der Waals surface area contributed by atoms with Crippen LogP contribution in [0.5, 0.6) is 5.75 Å². The Bertz CT molecular complexity index is 462. The summed E-state index contributed by atoms with van der Waals surface area (Å²) in [7, 11) is -3.46. The van der Waals surface area contributed by atoms with Crippen molar-refractivity contribution in [1.29, 1.82) is 0 Å². The third-order valence-corrected chi connectivity index (χ3v) is 3.19. The molecule has 5 heteroatoms. The van der Waals surface area contributed by atoms with Crippen LogP contribution in [0.1, 0.15) is 12.0 Å². The highest BCUT2D eigenvalue weighted by atomic mass is 32.2. The minimum atomic E-state index is -3.46. The van der Waals surface area contributed by atoms with E-state index in [2.05, 4.69) is 0 Å². The average Bonchev–Trinajstić information content (AvgIpc) is 2.12. The number of carbonyl (C=O) groups excluding carboxylic acids is 1. The number of aryl methyl sites for hydroxylation is 1. The third kappa shape index (κ3) is 2.79. The predicted octanol–water partition coefficient (Wildman–Crippen LogP) is 0.927. The first-order chi connectivity index (χ1) is 6.96. The summed E-state index contributed by atoms with van der Waals surface area (Å²) in [5.41, 5.74) is 0.476. The van der Waals surface area contributed by atoms with Crippen molar-refractivity contribution in [3.8, 4) is 5.75 Å². The van der Waals surface area contributed by atoms with Crippen molar-refractivity contribution in [3.05, 3.63) is 23.8 Å². The monoisotopic (exact) mass is 228 g/mol. The summed E-state index contributed by atoms with van der Waals surface area (Å²) in [6.45, 7) is 0. The Hall–Kier alpha value is -1.36. The molecule has 0 fully saturated rings. The number of carbonyl (C=O) groups is 1. The molecule has 1 N–H and O–H groups in total. The number of benzene rings is 1. The van der Waals surface area contributed by atoms with E-state index in [9.17, 15) is 18.3 Å². The summed E-state index contributed by atoms with van der Waals surface area (Å²) in [5.74, 6) is -0.263. The molecule has 1 aromatic rings. The van der Waals surface area contributed by atoms with Gasteiger partial charge in [-0.25, -0.2) is 8.42 Å². The highest BCUT2D eigenvalue weighted by Crippen LogP contribution is 2.26. The summed E-state index contributed by atoms with van der Waals surface area (Å²) >= 11 is 0. The second-order valence-electron chi connectivity index (χ2n) is 3.24. The molecule has 0 saturated heterocycles. The van der Waals surface area contributed by atoms with Crippen LogP contribution in [0.3, 0.4) is 0 Å². The fourth-order valence-corrected chi connectivity index (χ4v) is 2.50. The quantitative estimate of drug-likeness (QED) is 0.778. The molecule has 0 radical (unpaired) electrons. The van der Waals surface area contributed by atoms with Gasteiger partial charge in [0.05, 0.1) is 0 Å². The lowest BCUT2D eigenvalue weighted by Gasteiger charge is -2.08. The molecule has 1 rings (SSSR count). The van der Waals surface area contributed by atoms with Crippen molar-refractivity contribution in [2.24, 2.45) is 0 Å². The molecule has 0 heterocycles. The van der Waals surface area contributed by atoms with Gasteiger partial charge >= 0.3 is 0 Å². The number of hydrogen-bond donors (Lipinski definition) is 1. The maximum Gasteiger partial charge on any atom is 0.179 e. The van der Waals surface area contributed by atoms with Crippen molar-refractivity contribution in [3.63, 3.8) is 0 Å². The molecular weight excluding hydrogens is 216 g/mol. The zero-order valence-corrected chi connectivity index (χ0v) is 9.12. The molecule has 0 aliphatic heterocycles. The minimum absolute atomic E-state index is 0.0770. The second-order valence-corrected chi connectivity index (χ2v) is 5.20. The number of aromatic hydroxyl groups is 1. The van der Waals surface area contributed by atoms with Crippen molar-refractivity contribution < 1.29 is 18.3 Å². The molecule has 0 atom stereocenters. The van der Waals surface area contributed by atoms with Crippen LogP contribution >= 0.6 is 0 Å². The van der Waals surface area contributed by atoms with E-state index in [4.69, 9.17) is 0 Å². The largest absolute Gasteiger partial charge is 0.507 e. The zero-order chi connectivity index (χ0) is 11.5. The van der Waals surface area contributed by atoms with Crippen LogP contribution in [-0.2, 0) is 21.1 Å². The normalized spacial score (nSPS) is 11.3. The van der Waals surface area contributed by atoms with Crippen LogP contribution in [0, 0.1) is 0 Å². The molecule has 0 unspecified atom stereocenters. The van der Waals surface area contributed by atoms with Gasteiger partial charge in [-0.3, -0.25) is 0 Å². The number of phenols is 1. The van der Waals surface area contributed by atoms with E-state index in [1.807, 2.05) is 0 Å². The smallest absolute Gasteiger partial charge is 0.179 e. The van der Waals surface area contributed by atoms with Crippen LogP contribution in [0.2, 0.25) is 0 Å². The molecule has 4 nitrogen and oxygen atoms in total. The molecule has 15 heavy (non-hydrogen) atoms. The van der Waals surface area contributed by atoms with Gasteiger partial charge in [0, 0.05) is 12.7 Å². The van der Waals surface area contributed by atoms with Crippen LogP contribution in [0.15, 0.2) is 23.1 Å². The van der Waals surface area contributed by atoms with Gasteiger partial charge in [-0.05, 0) is 18.1 Å². The van der Waals surface area contributed by atoms with Crippen LogP contribution in [0.4, 0.5) is 0 Å². The Labute approximate surface area is 88.5 Å². The summed E-state index contributed by atoms with van der Waals surface area (Å²) in [4.78, 5) is 10.1. The standard InChI is InChI=1S/C10H12O4S/c1-15(13,14)10-8(5-3-7-11)4-2-6-9(10)12/h2,4,6-7,12H,3,5H2,1H3. The summed E-state index contributed by atoms with van der Waals surface area (Å²) in [6, 6.07) is 4.48. The van der Waals surface area contributed by atoms with E-state index in [0.717, 1.165) is 12.5 Å². The van der Waals surface area contributed by atoms with Gasteiger partial charge in [-0.15, -0.1) is 0 Å². The Morgan fingerprint density at radius 1 is 1.40 bits per heavy atom. The molecule has 0 amide bonds. The van der Waals surface area contributed by atoms with Gasteiger partial charge in [-0.2, -0.15) is 0 Å². The van der Waals surface area contributed by atoms with Crippen molar-refractivity contribution in [2.45, 2.75) is 17.7 Å². The molecule has 0 aromatic heterocycles. The van der Waals surface area contributed by atoms with Crippen LogP contribution in [-0.4, -0.2) is 26.1 Å². The van der Waals surface area contributed by atoms with E-state index in [-0.39, 0.29) is 17.1 Å². The summed E-state index contributed by atoms with van der Waals surface area (Å²) < 4.78 is 22.8. The third-order valence-electron chi connectivity index (χ3n) is 1.98. The average molecular weight is 228 g/mol. The van der Waals surface area contributed by atoms with Gasteiger partial charge in [0.1, 0.15) is 16.9 Å². The van der Waals surface area contributed by atoms with Crippen LogP contribution < -0.4 is 0 Å². The molecule has 82 valence electrons. The molecule has 0 spiro atoms. The fourth-order valence-electron chi connectivity index (χ4n) is 1.41. The van der Waals surface area contributed by atoms with E-state index in [1.54, 1.807) is 12.1 Å². The van der Waals surface area contributed by atoms with Gasteiger partial charge in [0.25, 0.3) is 0 Å². The first kappa shape index (κ1) is 11.7. The second kappa shape index (κ2) is 4.44. The van der Waals surface area contributed by atoms with E-state index in [0.29, 0.717) is 12.0 Å². The fraction of sp³-hybridized carbons (Fsp3) is 0.300. The topological polar surface area (TPSA) is 71.4 Å². The van der Waals surface area contributed by atoms with Crippen molar-refractivity contribution >= 4 is 16.1 Å². The SMILES string of the molecule is CS(=O)(=O)c1c(O)cccc1CCC=O. The molecule has 0 aliphatic carbocycles. The number of aldehydes is 1. The van der Waals surface area contributed by atoms with E-state index >= 15 is 0 Å².